The van der Waals surface area contributed by atoms with Gasteiger partial charge < -0.3 is 9.47 Å². The normalized spacial score (nSPS) is 29.7. The van der Waals surface area contributed by atoms with Gasteiger partial charge in [-0.05, 0) is 72.9 Å². The van der Waals surface area contributed by atoms with Crippen LogP contribution < -0.4 is 0 Å². The molecule has 4 aromatic rings. The maximum absolute atomic E-state index is 13.7. The molecule has 0 heterocycles. The van der Waals surface area contributed by atoms with Gasteiger partial charge >= 0.3 is 11.9 Å². The molecule has 0 spiro atoms. The highest BCUT2D eigenvalue weighted by atomic mass is 16.6. The number of ether oxygens (including phenoxy) is 2. The van der Waals surface area contributed by atoms with Crippen molar-refractivity contribution in [2.24, 2.45) is 10.8 Å². The average Bonchev–Trinajstić information content (AvgIpc) is 3.30. The molecule has 5 unspecified atom stereocenters. The Morgan fingerprint density at radius 1 is 0.650 bits per heavy atom. The highest BCUT2D eigenvalue weighted by molar-refractivity contribution is 5.94. The Bertz CT molecular complexity index is 1570. The summed E-state index contributed by atoms with van der Waals surface area (Å²) in [6, 6.07) is 28.1. The Labute approximate surface area is 235 Å². The van der Waals surface area contributed by atoms with Crippen molar-refractivity contribution >= 4 is 22.7 Å². The van der Waals surface area contributed by atoms with E-state index >= 15 is 0 Å². The van der Waals surface area contributed by atoms with Crippen LogP contribution in [0.5, 0.6) is 0 Å². The zero-order chi connectivity index (χ0) is 27.8. The summed E-state index contributed by atoms with van der Waals surface area (Å²) in [6.45, 7) is 8.43. The number of carbonyl (C=O) groups is 2. The van der Waals surface area contributed by atoms with E-state index in [2.05, 4.69) is 50.2 Å². The van der Waals surface area contributed by atoms with Crippen molar-refractivity contribution in [1.82, 2.24) is 0 Å². The monoisotopic (exact) mass is 530 g/mol. The third kappa shape index (κ3) is 3.51. The molecule has 0 saturated heterocycles. The quantitative estimate of drug-likeness (QED) is 0.252. The first-order valence-electron chi connectivity index (χ1n) is 14.3. The summed E-state index contributed by atoms with van der Waals surface area (Å²) >= 11 is 0. The molecule has 0 N–H and O–H groups in total. The molecule has 4 aliphatic carbocycles. The van der Waals surface area contributed by atoms with Crippen molar-refractivity contribution in [3.8, 4) is 0 Å². The molecule has 0 aliphatic heterocycles. The smallest absolute Gasteiger partial charge is 0.338 e. The Balaban J connectivity index is 1.36. The van der Waals surface area contributed by atoms with E-state index in [-0.39, 0.29) is 23.8 Å². The summed E-state index contributed by atoms with van der Waals surface area (Å²) in [4.78, 5) is 27.3. The fourth-order valence-electron chi connectivity index (χ4n) is 8.23. The molecule has 3 fully saturated rings. The highest BCUT2D eigenvalue weighted by Crippen LogP contribution is 2.73. The zero-order valence-electron chi connectivity index (χ0n) is 23.4. The molecule has 4 heteroatoms. The highest BCUT2D eigenvalue weighted by Gasteiger charge is 2.70. The molecule has 0 aromatic heterocycles. The minimum absolute atomic E-state index is 0.164. The van der Waals surface area contributed by atoms with Crippen molar-refractivity contribution in [3.63, 3.8) is 0 Å². The number of aryl methyl sites for hydroxylation is 2. The molecule has 4 aromatic carbocycles. The number of esters is 2. The van der Waals surface area contributed by atoms with Gasteiger partial charge in [-0.1, -0.05) is 85.6 Å². The van der Waals surface area contributed by atoms with Crippen molar-refractivity contribution in [3.05, 3.63) is 118 Å². The SMILES string of the molecule is Cc1cccc(C(=O)OC2C(OC(=O)c3cccc(C)c3)[C@]3(C)CCC2(C)C2c4cccc5cccc(c45)C23)c1. The molecule has 8 rings (SSSR count). The fraction of sp³-hybridized carbons (Fsp3) is 0.333. The molecule has 6 atom stereocenters. The van der Waals surface area contributed by atoms with Gasteiger partial charge in [0.2, 0.25) is 0 Å². The van der Waals surface area contributed by atoms with Crippen LogP contribution in [-0.2, 0) is 9.47 Å². The molecule has 0 amide bonds. The summed E-state index contributed by atoms with van der Waals surface area (Å²) < 4.78 is 13.0. The van der Waals surface area contributed by atoms with E-state index in [4.69, 9.17) is 9.47 Å². The minimum atomic E-state index is -0.584. The van der Waals surface area contributed by atoms with E-state index in [1.54, 1.807) is 12.1 Å². The third-order valence-corrected chi connectivity index (χ3v) is 10.1. The first-order chi connectivity index (χ1) is 19.2. The second kappa shape index (κ2) is 8.79. The molecular formula is C36H34O4. The van der Waals surface area contributed by atoms with E-state index in [9.17, 15) is 9.59 Å². The lowest BCUT2D eigenvalue weighted by Gasteiger charge is -2.64. The lowest BCUT2D eigenvalue weighted by atomic mass is 9.43. The zero-order valence-corrected chi connectivity index (χ0v) is 23.4. The van der Waals surface area contributed by atoms with Crippen LogP contribution in [-0.4, -0.2) is 24.1 Å². The first-order valence-corrected chi connectivity index (χ1v) is 14.3. The predicted molar refractivity (Wildman–Crippen MR) is 156 cm³/mol. The standard InChI is InChI=1S/C36H34O4/c1-21-9-5-13-24(19-21)33(37)39-31-32(40-34(38)25-14-6-10-22(2)20-25)36(4)18-17-35(31,3)29-26-15-7-11-23-12-8-16-27(28(23)26)30(29)36/h5-16,19-20,29-32H,17-18H2,1-4H3/t29?,30?,31?,32?,35-,36?/m1/s1. The summed E-state index contributed by atoms with van der Waals surface area (Å²) in [6.07, 6.45) is 0.608. The van der Waals surface area contributed by atoms with Gasteiger partial charge in [-0.15, -0.1) is 0 Å². The number of benzene rings is 4. The van der Waals surface area contributed by atoms with Crippen LogP contribution in [0.1, 0.15) is 81.5 Å². The topological polar surface area (TPSA) is 52.6 Å². The van der Waals surface area contributed by atoms with Crippen LogP contribution in [0, 0.1) is 24.7 Å². The number of fused-ring (bicyclic) bond motifs is 2. The molecule has 2 bridgehead atoms. The van der Waals surface area contributed by atoms with E-state index in [0.29, 0.717) is 11.1 Å². The van der Waals surface area contributed by atoms with Gasteiger partial charge in [0.25, 0.3) is 0 Å². The van der Waals surface area contributed by atoms with Crippen LogP contribution in [0.2, 0.25) is 0 Å². The molecule has 40 heavy (non-hydrogen) atoms. The number of hydrogen-bond acceptors (Lipinski definition) is 4. The first kappa shape index (κ1) is 25.1. The lowest BCUT2D eigenvalue weighted by molar-refractivity contribution is -0.210. The van der Waals surface area contributed by atoms with Gasteiger partial charge in [0.1, 0.15) is 12.2 Å². The van der Waals surface area contributed by atoms with Crippen LogP contribution >= 0.6 is 0 Å². The number of hydrogen-bond donors (Lipinski definition) is 0. The van der Waals surface area contributed by atoms with Gasteiger partial charge in [-0.25, -0.2) is 9.59 Å². The average molecular weight is 531 g/mol. The molecule has 4 nitrogen and oxygen atoms in total. The van der Waals surface area contributed by atoms with Crippen molar-refractivity contribution in [2.75, 3.05) is 0 Å². The van der Waals surface area contributed by atoms with E-state index in [1.165, 1.54) is 21.9 Å². The van der Waals surface area contributed by atoms with E-state index in [1.807, 2.05) is 50.2 Å². The van der Waals surface area contributed by atoms with Crippen LogP contribution in [0.3, 0.4) is 0 Å². The van der Waals surface area contributed by atoms with Crippen molar-refractivity contribution in [2.45, 2.75) is 64.6 Å². The van der Waals surface area contributed by atoms with Gasteiger partial charge in [0.05, 0.1) is 11.1 Å². The second-order valence-corrected chi connectivity index (χ2v) is 12.7. The second-order valence-electron chi connectivity index (χ2n) is 12.7. The Kier molecular flexibility index (Phi) is 5.51. The van der Waals surface area contributed by atoms with Crippen LogP contribution in [0.25, 0.3) is 10.8 Å². The summed E-state index contributed by atoms with van der Waals surface area (Å²) in [5.41, 5.74) is 4.87. The summed E-state index contributed by atoms with van der Waals surface area (Å²) in [5.74, 6) is -0.408. The van der Waals surface area contributed by atoms with Gasteiger partial charge in [-0.3, -0.25) is 0 Å². The van der Waals surface area contributed by atoms with E-state index in [0.717, 1.165) is 24.0 Å². The summed E-state index contributed by atoms with van der Waals surface area (Å²) in [5, 5.41) is 2.55. The number of carbonyl (C=O) groups excluding carboxylic acids is 2. The molecule has 0 radical (unpaired) electrons. The predicted octanol–water partition coefficient (Wildman–Crippen LogP) is 7.91. The Morgan fingerprint density at radius 2 is 1.07 bits per heavy atom. The molecule has 3 saturated carbocycles. The van der Waals surface area contributed by atoms with E-state index < -0.39 is 23.0 Å². The van der Waals surface area contributed by atoms with Crippen LogP contribution in [0.4, 0.5) is 0 Å². The minimum Gasteiger partial charge on any atom is -0.454 e. The molecule has 4 aliphatic rings. The number of rotatable bonds is 4. The van der Waals surface area contributed by atoms with Gasteiger partial charge in [-0.2, -0.15) is 0 Å². The fourth-order valence-corrected chi connectivity index (χ4v) is 8.23. The van der Waals surface area contributed by atoms with Crippen molar-refractivity contribution < 1.29 is 19.1 Å². The molecule has 202 valence electrons. The van der Waals surface area contributed by atoms with Gasteiger partial charge in [0.15, 0.2) is 0 Å². The van der Waals surface area contributed by atoms with Gasteiger partial charge in [0, 0.05) is 22.7 Å². The Hall–Kier alpha value is -3.92. The Morgan fingerprint density at radius 3 is 1.50 bits per heavy atom. The maximum Gasteiger partial charge on any atom is 0.338 e. The van der Waals surface area contributed by atoms with Crippen molar-refractivity contribution in [1.29, 1.82) is 0 Å². The third-order valence-electron chi connectivity index (χ3n) is 10.1. The summed E-state index contributed by atoms with van der Waals surface area (Å²) in [7, 11) is 0. The van der Waals surface area contributed by atoms with Crippen LogP contribution in [0.15, 0.2) is 84.9 Å². The maximum atomic E-state index is 13.7. The lowest BCUT2D eigenvalue weighted by Crippen LogP contribution is -2.66. The molecular weight excluding hydrogens is 496 g/mol. The largest absolute Gasteiger partial charge is 0.454 e.